The number of hydrogen-bond acceptors (Lipinski definition) is 6. The first-order chi connectivity index (χ1) is 15.5. The molecular formula is C22H27N5O5. The maximum atomic E-state index is 13.1. The highest BCUT2D eigenvalue weighted by atomic mass is 16.5. The minimum Gasteiger partial charge on any atom is -0.497 e. The van der Waals surface area contributed by atoms with E-state index >= 15 is 0 Å². The highest BCUT2D eigenvalue weighted by Gasteiger charge is 2.30. The number of benzene rings is 1. The lowest BCUT2D eigenvalue weighted by Gasteiger charge is -2.27. The minimum atomic E-state index is -0.584. The van der Waals surface area contributed by atoms with Crippen molar-refractivity contribution < 1.29 is 23.9 Å². The fraction of sp³-hybridized carbons (Fsp3) is 0.455. The molecule has 2 aliphatic rings. The van der Waals surface area contributed by atoms with Crippen LogP contribution in [-0.2, 0) is 17.9 Å². The monoisotopic (exact) mass is 441 g/mol. The Morgan fingerprint density at radius 3 is 2.59 bits per heavy atom. The zero-order valence-corrected chi connectivity index (χ0v) is 18.2. The number of carbonyl (C=O) groups is 3. The summed E-state index contributed by atoms with van der Waals surface area (Å²) in [4.78, 5) is 39.6. The Hall–Kier alpha value is -3.56. The van der Waals surface area contributed by atoms with Crippen molar-refractivity contribution in [3.63, 3.8) is 0 Å². The van der Waals surface area contributed by atoms with E-state index in [2.05, 4.69) is 15.7 Å². The largest absolute Gasteiger partial charge is 0.497 e. The van der Waals surface area contributed by atoms with Gasteiger partial charge >= 0.3 is 0 Å². The third kappa shape index (κ3) is 4.53. The van der Waals surface area contributed by atoms with Gasteiger partial charge in [-0.25, -0.2) is 0 Å². The van der Waals surface area contributed by atoms with Crippen molar-refractivity contribution in [3.8, 4) is 11.5 Å². The topological polar surface area (TPSA) is 115 Å². The van der Waals surface area contributed by atoms with Crippen LogP contribution in [0.2, 0.25) is 0 Å². The summed E-state index contributed by atoms with van der Waals surface area (Å²) in [6.07, 6.45) is 2.33. The van der Waals surface area contributed by atoms with Crippen molar-refractivity contribution in [1.82, 2.24) is 25.3 Å². The molecular weight excluding hydrogens is 414 g/mol. The number of methoxy groups -OCH3 is 2. The fourth-order valence-corrected chi connectivity index (χ4v) is 3.99. The molecule has 1 unspecified atom stereocenters. The molecule has 1 aromatic heterocycles. The summed E-state index contributed by atoms with van der Waals surface area (Å²) in [7, 11) is 3.16. The highest BCUT2D eigenvalue weighted by Crippen LogP contribution is 2.25. The zero-order chi connectivity index (χ0) is 22.7. The smallest absolute Gasteiger partial charge is 0.272 e. The molecule has 3 amide bonds. The second-order valence-corrected chi connectivity index (χ2v) is 7.90. The van der Waals surface area contributed by atoms with E-state index in [0.29, 0.717) is 49.8 Å². The van der Waals surface area contributed by atoms with Gasteiger partial charge in [-0.15, -0.1) is 0 Å². The Bertz CT molecular complexity index is 1010. The highest BCUT2D eigenvalue weighted by molar-refractivity contribution is 5.99. The van der Waals surface area contributed by atoms with Crippen LogP contribution in [0.1, 0.15) is 45.8 Å². The van der Waals surface area contributed by atoms with Gasteiger partial charge in [0.05, 0.1) is 20.8 Å². The molecule has 0 saturated carbocycles. The lowest BCUT2D eigenvalue weighted by molar-refractivity contribution is -0.122. The first kappa shape index (κ1) is 21.7. The van der Waals surface area contributed by atoms with Crippen LogP contribution in [0.3, 0.4) is 0 Å². The summed E-state index contributed by atoms with van der Waals surface area (Å²) < 4.78 is 12.2. The molecule has 2 aliphatic heterocycles. The van der Waals surface area contributed by atoms with E-state index in [4.69, 9.17) is 9.47 Å². The molecule has 1 atom stereocenters. The van der Waals surface area contributed by atoms with Gasteiger partial charge in [0.1, 0.15) is 23.2 Å². The second-order valence-electron chi connectivity index (χ2n) is 7.90. The lowest BCUT2D eigenvalue weighted by Crippen LogP contribution is -2.45. The summed E-state index contributed by atoms with van der Waals surface area (Å²) in [5.74, 6) is 0.448. The molecule has 2 N–H and O–H groups in total. The Kier molecular flexibility index (Phi) is 6.29. The number of ether oxygens (including phenoxy) is 2. The standard InChI is InChI=1S/C22H27N5O5/c1-31-15-9-14(10-16(11-15)32-2)13-26-7-8-27-19(22(26)30)12-18(25-27)21(29)24-17-5-3-4-6-23-20(17)28/h9-12,17H,3-8,13H2,1-2H3,(H,23,28)(H,24,29). The predicted octanol–water partition coefficient (Wildman–Crippen LogP) is 0.955. The van der Waals surface area contributed by atoms with Gasteiger partial charge in [-0.3, -0.25) is 19.1 Å². The first-order valence-corrected chi connectivity index (χ1v) is 10.7. The molecule has 1 fully saturated rings. The van der Waals surface area contributed by atoms with E-state index in [1.54, 1.807) is 29.9 Å². The SMILES string of the molecule is COc1cc(CN2CCn3nc(C(=O)NC4CCCCNC4=O)cc3C2=O)cc(OC)c1. The number of carbonyl (C=O) groups excluding carboxylic acids is 3. The van der Waals surface area contributed by atoms with Gasteiger partial charge in [-0.05, 0) is 37.0 Å². The number of aromatic nitrogens is 2. The molecule has 0 bridgehead atoms. The number of rotatable bonds is 6. The Balaban J connectivity index is 1.47. The molecule has 0 radical (unpaired) electrons. The second kappa shape index (κ2) is 9.29. The van der Waals surface area contributed by atoms with Crippen molar-refractivity contribution in [3.05, 3.63) is 41.2 Å². The molecule has 32 heavy (non-hydrogen) atoms. The molecule has 1 aromatic carbocycles. The quantitative estimate of drug-likeness (QED) is 0.690. The van der Waals surface area contributed by atoms with Gasteiger partial charge in [0.2, 0.25) is 5.91 Å². The molecule has 10 heteroatoms. The number of fused-ring (bicyclic) bond motifs is 1. The van der Waals surface area contributed by atoms with Crippen molar-refractivity contribution in [2.24, 2.45) is 0 Å². The van der Waals surface area contributed by atoms with Crippen LogP contribution < -0.4 is 20.1 Å². The average Bonchev–Trinajstić information content (AvgIpc) is 3.15. The minimum absolute atomic E-state index is 0.135. The van der Waals surface area contributed by atoms with Gasteiger partial charge in [-0.2, -0.15) is 5.10 Å². The van der Waals surface area contributed by atoms with E-state index < -0.39 is 11.9 Å². The molecule has 4 rings (SSSR count). The van der Waals surface area contributed by atoms with E-state index in [9.17, 15) is 14.4 Å². The molecule has 10 nitrogen and oxygen atoms in total. The number of amides is 3. The summed E-state index contributed by atoms with van der Waals surface area (Å²) in [6.45, 7) is 1.92. The summed E-state index contributed by atoms with van der Waals surface area (Å²) in [5, 5.41) is 9.84. The number of nitrogens with one attached hydrogen (secondary N) is 2. The summed E-state index contributed by atoms with van der Waals surface area (Å²) in [6, 6.07) is 6.40. The van der Waals surface area contributed by atoms with Gasteiger partial charge in [0, 0.05) is 31.8 Å². The van der Waals surface area contributed by atoms with Crippen molar-refractivity contribution >= 4 is 17.7 Å². The predicted molar refractivity (Wildman–Crippen MR) is 115 cm³/mol. The van der Waals surface area contributed by atoms with Crippen LogP contribution in [0, 0.1) is 0 Å². The van der Waals surface area contributed by atoms with Crippen LogP contribution in [0.5, 0.6) is 11.5 Å². The third-order valence-corrected chi connectivity index (χ3v) is 5.73. The number of nitrogens with zero attached hydrogens (tertiary/aromatic N) is 3. The lowest BCUT2D eigenvalue weighted by atomic mass is 10.1. The van der Waals surface area contributed by atoms with Crippen LogP contribution in [0.15, 0.2) is 24.3 Å². The number of hydrogen-bond donors (Lipinski definition) is 2. The van der Waals surface area contributed by atoms with Gasteiger partial charge in [0.15, 0.2) is 5.69 Å². The summed E-state index contributed by atoms with van der Waals surface area (Å²) >= 11 is 0. The van der Waals surface area contributed by atoms with Crippen LogP contribution in [-0.4, -0.2) is 65.8 Å². The Morgan fingerprint density at radius 1 is 1.12 bits per heavy atom. The van der Waals surface area contributed by atoms with Gasteiger partial charge < -0.3 is 25.0 Å². The zero-order valence-electron chi connectivity index (χ0n) is 18.2. The normalized spacial score (nSPS) is 18.4. The van der Waals surface area contributed by atoms with Crippen molar-refractivity contribution in [2.75, 3.05) is 27.3 Å². The van der Waals surface area contributed by atoms with Crippen LogP contribution >= 0.6 is 0 Å². The van der Waals surface area contributed by atoms with Crippen LogP contribution in [0.25, 0.3) is 0 Å². The van der Waals surface area contributed by atoms with E-state index in [1.807, 2.05) is 12.1 Å². The maximum absolute atomic E-state index is 13.1. The van der Waals surface area contributed by atoms with Crippen molar-refractivity contribution in [2.45, 2.75) is 38.4 Å². The van der Waals surface area contributed by atoms with Gasteiger partial charge in [0.25, 0.3) is 11.8 Å². The van der Waals surface area contributed by atoms with Gasteiger partial charge in [-0.1, -0.05) is 0 Å². The average molecular weight is 441 g/mol. The van der Waals surface area contributed by atoms with E-state index in [1.165, 1.54) is 6.07 Å². The molecule has 170 valence electrons. The first-order valence-electron chi connectivity index (χ1n) is 10.7. The van der Waals surface area contributed by atoms with Crippen molar-refractivity contribution in [1.29, 1.82) is 0 Å². The molecule has 3 heterocycles. The van der Waals surface area contributed by atoms with E-state index in [0.717, 1.165) is 18.4 Å². The Morgan fingerprint density at radius 2 is 1.88 bits per heavy atom. The molecule has 0 aliphatic carbocycles. The molecule has 0 spiro atoms. The summed E-state index contributed by atoms with van der Waals surface area (Å²) in [5.41, 5.74) is 1.36. The van der Waals surface area contributed by atoms with E-state index in [-0.39, 0.29) is 17.5 Å². The van der Waals surface area contributed by atoms with Crippen LogP contribution in [0.4, 0.5) is 0 Å². The Labute approximate surface area is 185 Å². The molecule has 1 saturated heterocycles. The molecule has 2 aromatic rings. The third-order valence-electron chi connectivity index (χ3n) is 5.73. The maximum Gasteiger partial charge on any atom is 0.272 e. The fourth-order valence-electron chi connectivity index (χ4n) is 3.99.